The van der Waals surface area contributed by atoms with Gasteiger partial charge in [-0.3, -0.25) is 0 Å². The second-order valence-electron chi connectivity index (χ2n) is 3.57. The molecule has 1 fully saturated rings. The number of rotatable bonds is 3. The van der Waals surface area contributed by atoms with Crippen LogP contribution in [0.15, 0.2) is 28.7 Å². The zero-order chi connectivity index (χ0) is 9.80. The van der Waals surface area contributed by atoms with E-state index >= 15 is 0 Å². The third-order valence-electron chi connectivity index (χ3n) is 2.41. The quantitative estimate of drug-likeness (QED) is 0.896. The first-order chi connectivity index (χ1) is 6.84. The van der Waals surface area contributed by atoms with E-state index in [4.69, 9.17) is 4.74 Å². The van der Waals surface area contributed by atoms with E-state index in [1.54, 1.807) is 0 Å². The maximum atomic E-state index is 5.30. The Morgan fingerprint density at radius 2 is 2.43 bits per heavy atom. The predicted molar refractivity (Wildman–Crippen MR) is 60.2 cm³/mol. The van der Waals surface area contributed by atoms with Gasteiger partial charge in [0.25, 0.3) is 0 Å². The van der Waals surface area contributed by atoms with Crippen molar-refractivity contribution in [3.63, 3.8) is 0 Å². The van der Waals surface area contributed by atoms with Gasteiger partial charge in [0.2, 0.25) is 0 Å². The zero-order valence-electron chi connectivity index (χ0n) is 8.00. The molecule has 1 aromatic carbocycles. The molecule has 0 saturated carbocycles. The second kappa shape index (κ2) is 4.91. The Morgan fingerprint density at radius 3 is 3.14 bits per heavy atom. The maximum Gasteiger partial charge on any atom is 0.0620 e. The minimum atomic E-state index is 0.536. The third kappa shape index (κ3) is 2.80. The standard InChI is InChI=1S/C11H14BrNO/c12-10-3-1-2-9(6-10)7-13-11-4-5-14-8-11/h1-3,6,11,13H,4-5,7-8H2. The molecule has 1 atom stereocenters. The summed E-state index contributed by atoms with van der Waals surface area (Å²) in [5.41, 5.74) is 1.31. The van der Waals surface area contributed by atoms with Crippen LogP contribution in [0, 0.1) is 0 Å². The van der Waals surface area contributed by atoms with E-state index in [9.17, 15) is 0 Å². The third-order valence-corrected chi connectivity index (χ3v) is 2.91. The van der Waals surface area contributed by atoms with E-state index in [2.05, 4.69) is 39.4 Å². The molecule has 0 spiro atoms. The number of hydrogen-bond donors (Lipinski definition) is 1. The molecular formula is C11H14BrNO. The van der Waals surface area contributed by atoms with E-state index in [0.29, 0.717) is 6.04 Å². The van der Waals surface area contributed by atoms with Crippen molar-refractivity contribution in [1.82, 2.24) is 5.32 Å². The summed E-state index contributed by atoms with van der Waals surface area (Å²) in [6.07, 6.45) is 1.13. The Balaban J connectivity index is 1.85. The van der Waals surface area contributed by atoms with Crippen molar-refractivity contribution in [1.29, 1.82) is 0 Å². The molecule has 0 radical (unpaired) electrons. The molecule has 0 amide bonds. The van der Waals surface area contributed by atoms with Crippen molar-refractivity contribution in [3.05, 3.63) is 34.3 Å². The normalized spacial score (nSPS) is 21.4. The van der Waals surface area contributed by atoms with Gasteiger partial charge in [0.1, 0.15) is 0 Å². The Hall–Kier alpha value is -0.380. The molecule has 1 heterocycles. The first kappa shape index (κ1) is 10.1. The fourth-order valence-corrected chi connectivity index (χ4v) is 2.05. The van der Waals surface area contributed by atoms with Crippen LogP contribution in [0.5, 0.6) is 0 Å². The molecule has 14 heavy (non-hydrogen) atoms. The van der Waals surface area contributed by atoms with Crippen LogP contribution in [0.4, 0.5) is 0 Å². The lowest BCUT2D eigenvalue weighted by Crippen LogP contribution is -2.28. The predicted octanol–water partition coefficient (Wildman–Crippen LogP) is 2.33. The van der Waals surface area contributed by atoms with Crippen molar-refractivity contribution in [2.45, 2.75) is 19.0 Å². The largest absolute Gasteiger partial charge is 0.380 e. The molecular weight excluding hydrogens is 242 g/mol. The van der Waals surface area contributed by atoms with E-state index in [1.807, 2.05) is 6.07 Å². The van der Waals surface area contributed by atoms with Crippen molar-refractivity contribution < 1.29 is 4.74 Å². The number of ether oxygens (including phenoxy) is 1. The molecule has 76 valence electrons. The highest BCUT2D eigenvalue weighted by atomic mass is 79.9. The molecule has 1 unspecified atom stereocenters. The van der Waals surface area contributed by atoms with Crippen molar-refractivity contribution in [3.8, 4) is 0 Å². The van der Waals surface area contributed by atoms with E-state index in [1.165, 1.54) is 5.56 Å². The van der Waals surface area contributed by atoms with Gasteiger partial charge in [-0.05, 0) is 24.1 Å². The lowest BCUT2D eigenvalue weighted by Gasteiger charge is -2.10. The summed E-state index contributed by atoms with van der Waals surface area (Å²) in [5, 5.41) is 3.48. The lowest BCUT2D eigenvalue weighted by molar-refractivity contribution is 0.190. The summed E-state index contributed by atoms with van der Waals surface area (Å²) < 4.78 is 6.44. The Kier molecular flexibility index (Phi) is 3.56. The molecule has 2 nitrogen and oxygen atoms in total. The minimum absolute atomic E-state index is 0.536. The highest BCUT2D eigenvalue weighted by molar-refractivity contribution is 9.10. The molecule has 0 bridgehead atoms. The Labute approximate surface area is 92.8 Å². The van der Waals surface area contributed by atoms with E-state index in [-0.39, 0.29) is 0 Å². The van der Waals surface area contributed by atoms with E-state index < -0.39 is 0 Å². The van der Waals surface area contributed by atoms with Crippen LogP contribution in [0.2, 0.25) is 0 Å². The van der Waals surface area contributed by atoms with Gasteiger partial charge < -0.3 is 10.1 Å². The van der Waals surface area contributed by atoms with Crippen molar-refractivity contribution in [2.24, 2.45) is 0 Å². The second-order valence-corrected chi connectivity index (χ2v) is 4.49. The van der Waals surface area contributed by atoms with Crippen LogP contribution in [-0.4, -0.2) is 19.3 Å². The summed E-state index contributed by atoms with van der Waals surface area (Å²) in [4.78, 5) is 0. The molecule has 2 rings (SSSR count). The first-order valence-corrected chi connectivity index (χ1v) is 5.69. The summed E-state index contributed by atoms with van der Waals surface area (Å²) >= 11 is 3.46. The number of benzene rings is 1. The van der Waals surface area contributed by atoms with E-state index in [0.717, 1.165) is 30.7 Å². The topological polar surface area (TPSA) is 21.3 Å². The molecule has 1 saturated heterocycles. The van der Waals surface area contributed by atoms with Crippen LogP contribution in [0.25, 0.3) is 0 Å². The fourth-order valence-electron chi connectivity index (χ4n) is 1.60. The Bertz CT molecular complexity index is 297. The number of hydrogen-bond acceptors (Lipinski definition) is 2. The van der Waals surface area contributed by atoms with Crippen LogP contribution < -0.4 is 5.32 Å². The minimum Gasteiger partial charge on any atom is -0.380 e. The van der Waals surface area contributed by atoms with Gasteiger partial charge in [-0.2, -0.15) is 0 Å². The van der Waals surface area contributed by atoms with Crippen molar-refractivity contribution >= 4 is 15.9 Å². The smallest absolute Gasteiger partial charge is 0.0620 e. The van der Waals surface area contributed by atoms with Gasteiger partial charge in [-0.1, -0.05) is 28.1 Å². The van der Waals surface area contributed by atoms with Crippen LogP contribution in [0.3, 0.4) is 0 Å². The summed E-state index contributed by atoms with van der Waals surface area (Å²) in [5.74, 6) is 0. The van der Waals surface area contributed by atoms with Gasteiger partial charge in [-0.15, -0.1) is 0 Å². The van der Waals surface area contributed by atoms with Gasteiger partial charge in [0.15, 0.2) is 0 Å². The number of halogens is 1. The van der Waals surface area contributed by atoms with Gasteiger partial charge in [0, 0.05) is 23.7 Å². The van der Waals surface area contributed by atoms with Gasteiger partial charge in [-0.25, -0.2) is 0 Å². The monoisotopic (exact) mass is 255 g/mol. The molecule has 1 N–H and O–H groups in total. The summed E-state index contributed by atoms with van der Waals surface area (Å²) in [7, 11) is 0. The fraction of sp³-hybridized carbons (Fsp3) is 0.455. The van der Waals surface area contributed by atoms with Crippen molar-refractivity contribution in [2.75, 3.05) is 13.2 Å². The maximum absolute atomic E-state index is 5.30. The van der Waals surface area contributed by atoms with Crippen LogP contribution in [0.1, 0.15) is 12.0 Å². The molecule has 0 aliphatic carbocycles. The highest BCUT2D eigenvalue weighted by Crippen LogP contribution is 2.12. The zero-order valence-corrected chi connectivity index (χ0v) is 9.59. The molecule has 3 heteroatoms. The Morgan fingerprint density at radius 1 is 1.50 bits per heavy atom. The molecule has 1 aliphatic rings. The van der Waals surface area contributed by atoms with Gasteiger partial charge in [0.05, 0.1) is 6.61 Å². The average molecular weight is 256 g/mol. The van der Waals surface area contributed by atoms with Gasteiger partial charge >= 0.3 is 0 Å². The molecule has 0 aromatic heterocycles. The summed E-state index contributed by atoms with van der Waals surface area (Å²) in [6.45, 7) is 2.68. The lowest BCUT2D eigenvalue weighted by atomic mass is 10.2. The highest BCUT2D eigenvalue weighted by Gasteiger charge is 2.14. The summed E-state index contributed by atoms with van der Waals surface area (Å²) in [6, 6.07) is 8.92. The SMILES string of the molecule is Brc1cccc(CNC2CCOC2)c1. The first-order valence-electron chi connectivity index (χ1n) is 4.90. The van der Waals surface area contributed by atoms with Crippen LogP contribution >= 0.6 is 15.9 Å². The number of nitrogens with one attached hydrogen (secondary N) is 1. The van der Waals surface area contributed by atoms with Crippen LogP contribution in [-0.2, 0) is 11.3 Å². The molecule has 1 aliphatic heterocycles. The average Bonchev–Trinajstić information content (AvgIpc) is 2.67. The molecule has 1 aromatic rings.